The molecule has 1 atom stereocenters. The first kappa shape index (κ1) is 20.2. The van der Waals surface area contributed by atoms with Gasteiger partial charge in [0.1, 0.15) is 6.61 Å². The van der Waals surface area contributed by atoms with Crippen molar-refractivity contribution in [1.29, 1.82) is 0 Å². The molecule has 1 heterocycles. The number of hydrogen-bond donors (Lipinski definition) is 0. The van der Waals surface area contributed by atoms with Crippen LogP contribution in [0.4, 0.5) is 0 Å². The molecular formula is C13H17BrO9S2. The molecule has 0 spiro atoms. The summed E-state index contributed by atoms with van der Waals surface area (Å²) in [6.45, 7) is -0.789. The molecule has 0 radical (unpaired) electrons. The van der Waals surface area contributed by atoms with E-state index in [2.05, 4.69) is 15.9 Å². The Morgan fingerprint density at radius 1 is 1.04 bits per heavy atom. The third-order valence-corrected chi connectivity index (χ3v) is 4.86. The van der Waals surface area contributed by atoms with E-state index in [-0.39, 0.29) is 24.5 Å². The largest absolute Gasteiger partial charge is 0.493 e. The predicted molar refractivity (Wildman–Crippen MR) is 90.9 cm³/mol. The van der Waals surface area contributed by atoms with Crippen LogP contribution >= 0.6 is 15.9 Å². The molecule has 1 aromatic carbocycles. The van der Waals surface area contributed by atoms with Gasteiger partial charge in [0.05, 0.1) is 37.1 Å². The molecule has 0 aliphatic carbocycles. The van der Waals surface area contributed by atoms with Crippen LogP contribution in [0.2, 0.25) is 0 Å². The second-order valence-corrected chi connectivity index (χ2v) is 9.41. The standard InChI is InChI=1S/C13H17BrO9S2/c1-19-10-5-4-9(14)11-12(10)23-13(22-11,8-21-25(3,17)18)6-7-20-24(2,15)16/h4-5H,6-8H2,1-3H3. The molecule has 0 amide bonds. The third kappa shape index (κ3) is 5.45. The molecule has 0 fully saturated rings. The average molecular weight is 461 g/mol. The van der Waals surface area contributed by atoms with Crippen LogP contribution in [-0.2, 0) is 28.6 Å². The fourth-order valence-electron chi connectivity index (χ4n) is 2.04. The highest BCUT2D eigenvalue weighted by Gasteiger charge is 2.45. The Bertz CT molecular complexity index is 850. The lowest BCUT2D eigenvalue weighted by Crippen LogP contribution is -2.45. The number of hydrogen-bond acceptors (Lipinski definition) is 9. The first-order chi connectivity index (χ1) is 11.4. The number of ether oxygens (including phenoxy) is 3. The minimum absolute atomic E-state index is 0.111. The van der Waals surface area contributed by atoms with Gasteiger partial charge in [-0.2, -0.15) is 16.8 Å². The van der Waals surface area contributed by atoms with Crippen LogP contribution in [0, 0.1) is 0 Å². The van der Waals surface area contributed by atoms with Crippen LogP contribution in [0.25, 0.3) is 0 Å². The van der Waals surface area contributed by atoms with Crippen LogP contribution in [0.3, 0.4) is 0 Å². The zero-order chi connectivity index (χ0) is 18.9. The maximum absolute atomic E-state index is 11.3. The lowest BCUT2D eigenvalue weighted by Gasteiger charge is -2.26. The van der Waals surface area contributed by atoms with Crippen molar-refractivity contribution in [2.45, 2.75) is 12.2 Å². The van der Waals surface area contributed by atoms with Crippen LogP contribution in [-0.4, -0.2) is 55.5 Å². The molecule has 1 aromatic rings. The minimum Gasteiger partial charge on any atom is -0.493 e. The lowest BCUT2D eigenvalue weighted by atomic mass is 10.2. The van der Waals surface area contributed by atoms with Gasteiger partial charge in [0.2, 0.25) is 5.75 Å². The molecule has 9 nitrogen and oxygen atoms in total. The van der Waals surface area contributed by atoms with Gasteiger partial charge in [-0.15, -0.1) is 0 Å². The fourth-order valence-corrected chi connectivity index (χ4v) is 3.22. The van der Waals surface area contributed by atoms with Crippen molar-refractivity contribution in [3.05, 3.63) is 16.6 Å². The molecule has 0 saturated carbocycles. The van der Waals surface area contributed by atoms with Crippen molar-refractivity contribution < 1.29 is 39.4 Å². The normalized spacial score (nSPS) is 19.8. The van der Waals surface area contributed by atoms with Gasteiger partial charge < -0.3 is 14.2 Å². The number of benzene rings is 1. The van der Waals surface area contributed by atoms with Crippen LogP contribution in [0.15, 0.2) is 16.6 Å². The van der Waals surface area contributed by atoms with Gasteiger partial charge in [-0.05, 0) is 28.1 Å². The van der Waals surface area contributed by atoms with Crippen molar-refractivity contribution in [2.24, 2.45) is 0 Å². The first-order valence-electron chi connectivity index (χ1n) is 6.88. The Morgan fingerprint density at radius 3 is 2.20 bits per heavy atom. The molecule has 0 bridgehead atoms. The van der Waals surface area contributed by atoms with Gasteiger partial charge in [0, 0.05) is 0 Å². The molecule has 0 aromatic heterocycles. The highest BCUT2D eigenvalue weighted by atomic mass is 79.9. The summed E-state index contributed by atoms with van der Waals surface area (Å²) in [4.78, 5) is 0. The molecular weight excluding hydrogens is 444 g/mol. The quantitative estimate of drug-likeness (QED) is 0.528. The van der Waals surface area contributed by atoms with E-state index in [9.17, 15) is 16.8 Å². The van der Waals surface area contributed by atoms with E-state index >= 15 is 0 Å². The van der Waals surface area contributed by atoms with E-state index in [4.69, 9.17) is 22.6 Å². The van der Waals surface area contributed by atoms with Crippen LogP contribution in [0.5, 0.6) is 17.2 Å². The second kappa shape index (κ2) is 7.27. The molecule has 12 heteroatoms. The zero-order valence-corrected chi connectivity index (χ0v) is 16.9. The molecule has 0 N–H and O–H groups in total. The summed E-state index contributed by atoms with van der Waals surface area (Å²) >= 11 is 3.31. The second-order valence-electron chi connectivity index (χ2n) is 5.27. The zero-order valence-electron chi connectivity index (χ0n) is 13.6. The van der Waals surface area contributed by atoms with Gasteiger partial charge in [-0.1, -0.05) is 0 Å². The van der Waals surface area contributed by atoms with Crippen molar-refractivity contribution >= 4 is 36.2 Å². The van der Waals surface area contributed by atoms with Crippen molar-refractivity contribution in [3.8, 4) is 17.2 Å². The van der Waals surface area contributed by atoms with E-state index in [0.29, 0.717) is 10.2 Å². The van der Waals surface area contributed by atoms with Crippen molar-refractivity contribution in [3.63, 3.8) is 0 Å². The van der Waals surface area contributed by atoms with Gasteiger partial charge in [0.25, 0.3) is 26.0 Å². The highest BCUT2D eigenvalue weighted by molar-refractivity contribution is 9.10. The summed E-state index contributed by atoms with van der Waals surface area (Å²) < 4.78 is 71.7. The lowest BCUT2D eigenvalue weighted by molar-refractivity contribution is -0.118. The summed E-state index contributed by atoms with van der Waals surface area (Å²) in [6.07, 6.45) is 1.67. The van der Waals surface area contributed by atoms with Crippen molar-refractivity contribution in [1.82, 2.24) is 0 Å². The number of methoxy groups -OCH3 is 1. The number of rotatable bonds is 8. The molecule has 142 valence electrons. The number of fused-ring (bicyclic) bond motifs is 1. The molecule has 25 heavy (non-hydrogen) atoms. The van der Waals surface area contributed by atoms with Gasteiger partial charge >= 0.3 is 0 Å². The average Bonchev–Trinajstić information content (AvgIpc) is 2.85. The number of halogens is 1. The van der Waals surface area contributed by atoms with Crippen LogP contribution < -0.4 is 14.2 Å². The minimum atomic E-state index is -3.78. The van der Waals surface area contributed by atoms with Crippen LogP contribution in [0.1, 0.15) is 6.42 Å². The van der Waals surface area contributed by atoms with E-state index in [0.717, 1.165) is 12.5 Å². The Labute approximate surface area is 154 Å². The molecule has 1 unspecified atom stereocenters. The molecule has 0 saturated heterocycles. The maximum atomic E-state index is 11.3. The summed E-state index contributed by atoms with van der Waals surface area (Å²) in [7, 11) is -6.02. The fraction of sp³-hybridized carbons (Fsp3) is 0.538. The Morgan fingerprint density at radius 2 is 1.64 bits per heavy atom. The molecule has 2 rings (SSSR count). The Hall–Kier alpha value is -1.08. The smallest absolute Gasteiger partial charge is 0.278 e. The van der Waals surface area contributed by atoms with Gasteiger partial charge in [-0.25, -0.2) is 0 Å². The van der Waals surface area contributed by atoms with E-state index in [1.807, 2.05) is 0 Å². The maximum Gasteiger partial charge on any atom is 0.278 e. The Balaban J connectivity index is 2.29. The SMILES string of the molecule is COc1ccc(Br)c2c1OC(CCOS(C)(=O)=O)(COS(C)(=O)=O)O2. The van der Waals surface area contributed by atoms with E-state index < -0.39 is 32.6 Å². The van der Waals surface area contributed by atoms with E-state index in [1.54, 1.807) is 12.1 Å². The summed E-state index contributed by atoms with van der Waals surface area (Å²) in [6, 6.07) is 3.30. The van der Waals surface area contributed by atoms with Gasteiger partial charge in [0.15, 0.2) is 11.5 Å². The first-order valence-corrected chi connectivity index (χ1v) is 11.3. The highest BCUT2D eigenvalue weighted by Crippen LogP contribution is 2.51. The topological polar surface area (TPSA) is 114 Å². The molecule has 1 aliphatic rings. The summed E-state index contributed by atoms with van der Waals surface area (Å²) in [5.74, 6) is -0.694. The summed E-state index contributed by atoms with van der Waals surface area (Å²) in [5.41, 5.74) is 0. The molecule has 1 aliphatic heterocycles. The predicted octanol–water partition coefficient (Wildman–Crippen LogP) is 1.27. The van der Waals surface area contributed by atoms with Crippen molar-refractivity contribution in [2.75, 3.05) is 32.8 Å². The monoisotopic (exact) mass is 460 g/mol. The third-order valence-electron chi connectivity index (χ3n) is 3.10. The van der Waals surface area contributed by atoms with E-state index in [1.165, 1.54) is 7.11 Å². The summed E-state index contributed by atoms with van der Waals surface area (Å²) in [5, 5.41) is 0. The van der Waals surface area contributed by atoms with Gasteiger partial charge in [-0.3, -0.25) is 8.37 Å². The Kier molecular flexibility index (Phi) is 5.88.